The van der Waals surface area contributed by atoms with Crippen LogP contribution in [0.25, 0.3) is 0 Å². The zero-order valence-electron chi connectivity index (χ0n) is 10.9. The van der Waals surface area contributed by atoms with E-state index in [1.54, 1.807) is 4.44 Å². The summed E-state index contributed by atoms with van der Waals surface area (Å²) in [5.74, 6) is 0. The molecule has 14 heavy (non-hydrogen) atoms. The molecule has 0 aliphatic heterocycles. The van der Waals surface area contributed by atoms with Crippen LogP contribution in [0.1, 0.15) is 58.3 Å². The van der Waals surface area contributed by atoms with Gasteiger partial charge in [0, 0.05) is 0 Å². The van der Waals surface area contributed by atoms with Gasteiger partial charge < -0.3 is 0 Å². The van der Waals surface area contributed by atoms with E-state index in [9.17, 15) is 0 Å². The molecule has 0 fully saturated rings. The Labute approximate surface area is 95.7 Å². The maximum absolute atomic E-state index is 2.55. The zero-order valence-corrected chi connectivity index (χ0v) is 13.7. The van der Waals surface area contributed by atoms with Crippen LogP contribution in [0.4, 0.5) is 0 Å². The van der Waals surface area contributed by atoms with Crippen molar-refractivity contribution in [1.82, 2.24) is 0 Å². The molecule has 0 nitrogen and oxygen atoms in total. The summed E-state index contributed by atoms with van der Waals surface area (Å²) in [6, 6.07) is 0. The maximum atomic E-state index is 2.55. The van der Waals surface area contributed by atoms with Crippen LogP contribution in [-0.2, 0) is 0 Å². The van der Waals surface area contributed by atoms with E-state index < -0.39 is 18.4 Å². The van der Waals surface area contributed by atoms with Gasteiger partial charge in [0.05, 0.1) is 0 Å². The first-order chi connectivity index (χ1) is 6.56. The topological polar surface area (TPSA) is 0 Å². The molecule has 0 aromatic rings. The van der Waals surface area contributed by atoms with Crippen LogP contribution in [0.5, 0.6) is 0 Å². The number of unbranched alkanes of at least 4 members (excludes halogenated alkanes) is 7. The summed E-state index contributed by atoms with van der Waals surface area (Å²) in [5, 5.41) is 0. The minimum atomic E-state index is -1.39. The molecule has 0 atom stereocenters. The second-order valence-corrected chi connectivity index (χ2v) is 21.8. The summed E-state index contributed by atoms with van der Waals surface area (Å²) in [5.41, 5.74) is 0. The Balaban J connectivity index is 2.99. The van der Waals surface area contributed by atoms with Gasteiger partial charge in [-0.2, -0.15) is 0 Å². The summed E-state index contributed by atoms with van der Waals surface area (Å²) in [6.07, 6.45) is 11.8. The van der Waals surface area contributed by atoms with E-state index in [0.29, 0.717) is 0 Å². The van der Waals surface area contributed by atoms with Crippen molar-refractivity contribution in [2.75, 3.05) is 0 Å². The van der Waals surface area contributed by atoms with Crippen LogP contribution in [-0.4, -0.2) is 18.4 Å². The van der Waals surface area contributed by atoms with Crippen molar-refractivity contribution < 1.29 is 0 Å². The summed E-state index contributed by atoms with van der Waals surface area (Å²) in [6.45, 7) is 2.29. The van der Waals surface area contributed by atoms with E-state index in [1.807, 2.05) is 0 Å². The molecule has 0 N–H and O–H groups in total. The summed E-state index contributed by atoms with van der Waals surface area (Å²) in [7, 11) is 0. The summed E-state index contributed by atoms with van der Waals surface area (Å²) < 4.78 is 1.60. The van der Waals surface area contributed by atoms with Gasteiger partial charge in [0.1, 0.15) is 0 Å². The molecule has 0 unspecified atom stereocenters. The normalized spacial score (nSPS) is 12.0. The van der Waals surface area contributed by atoms with Crippen molar-refractivity contribution in [2.24, 2.45) is 0 Å². The predicted molar refractivity (Wildman–Crippen MR) is 70.8 cm³/mol. The van der Waals surface area contributed by atoms with E-state index >= 15 is 0 Å². The first kappa shape index (κ1) is 14.8. The molecule has 0 radical (unpaired) electrons. The molecule has 0 spiro atoms. The third kappa shape index (κ3) is 12.8. The third-order valence-corrected chi connectivity index (χ3v) is 8.07. The number of rotatable bonds is 9. The Morgan fingerprint density at radius 2 is 1.07 bits per heavy atom. The fourth-order valence-electron chi connectivity index (χ4n) is 1.79. The zero-order chi connectivity index (χ0) is 10.9. The molecule has 0 aromatic carbocycles. The van der Waals surface area contributed by atoms with E-state index in [1.165, 1.54) is 51.4 Å². The van der Waals surface area contributed by atoms with Crippen molar-refractivity contribution in [3.8, 4) is 0 Å². The fraction of sp³-hybridized carbons (Fsp3) is 1.00. The van der Waals surface area contributed by atoms with Crippen LogP contribution >= 0.6 is 0 Å². The average Bonchev–Trinajstić information content (AvgIpc) is 2.08. The van der Waals surface area contributed by atoms with Gasteiger partial charge in [0.25, 0.3) is 0 Å². The Morgan fingerprint density at radius 3 is 1.50 bits per heavy atom. The SMILES string of the molecule is CCCCCCCCC[CH2][Sn]([CH3])([CH3])[CH3]. The predicted octanol–water partition coefficient (Wildman–Crippen LogP) is 5.47. The van der Waals surface area contributed by atoms with E-state index in [-0.39, 0.29) is 0 Å². The molecular formula is C13H30Sn. The van der Waals surface area contributed by atoms with Gasteiger partial charge in [-0.25, -0.2) is 0 Å². The van der Waals surface area contributed by atoms with Gasteiger partial charge in [-0.05, 0) is 0 Å². The monoisotopic (exact) mass is 306 g/mol. The van der Waals surface area contributed by atoms with Crippen molar-refractivity contribution in [3.63, 3.8) is 0 Å². The average molecular weight is 305 g/mol. The van der Waals surface area contributed by atoms with Gasteiger partial charge in [-0.3, -0.25) is 0 Å². The van der Waals surface area contributed by atoms with E-state index in [0.717, 1.165) is 0 Å². The molecule has 0 aliphatic rings. The van der Waals surface area contributed by atoms with Gasteiger partial charge in [-0.15, -0.1) is 0 Å². The third-order valence-electron chi connectivity index (χ3n) is 2.78. The summed E-state index contributed by atoms with van der Waals surface area (Å²) >= 11 is -1.39. The van der Waals surface area contributed by atoms with Crippen molar-refractivity contribution >= 4 is 18.4 Å². The first-order valence-electron chi connectivity index (χ1n) is 6.56. The van der Waals surface area contributed by atoms with Gasteiger partial charge in [0.2, 0.25) is 0 Å². The molecule has 0 aliphatic carbocycles. The molecule has 0 heterocycles. The van der Waals surface area contributed by atoms with Crippen molar-refractivity contribution in [1.29, 1.82) is 0 Å². The molecule has 0 saturated carbocycles. The Morgan fingerprint density at radius 1 is 0.643 bits per heavy atom. The van der Waals surface area contributed by atoms with E-state index in [2.05, 4.69) is 21.7 Å². The van der Waals surface area contributed by atoms with Gasteiger partial charge in [0.15, 0.2) is 0 Å². The molecule has 0 rings (SSSR count). The molecule has 1 heteroatoms. The first-order valence-corrected chi connectivity index (χ1v) is 17.1. The summed E-state index contributed by atoms with van der Waals surface area (Å²) in [4.78, 5) is 7.65. The Bertz CT molecular complexity index is 113. The molecular weight excluding hydrogens is 275 g/mol. The quantitative estimate of drug-likeness (QED) is 0.391. The second-order valence-electron chi connectivity index (χ2n) is 5.79. The van der Waals surface area contributed by atoms with Crippen LogP contribution in [0.15, 0.2) is 0 Å². The second kappa shape index (κ2) is 9.06. The standard InChI is InChI=1S/C10H21.3CH3.Sn/c1-3-5-7-9-10-8-6-4-2;;;;/h1,3-10H2,2H3;3*1H3;. The Kier molecular flexibility index (Phi) is 9.57. The number of hydrogen-bond acceptors (Lipinski definition) is 0. The van der Waals surface area contributed by atoms with E-state index in [4.69, 9.17) is 0 Å². The number of hydrogen-bond donors (Lipinski definition) is 0. The van der Waals surface area contributed by atoms with Crippen molar-refractivity contribution in [3.05, 3.63) is 0 Å². The Hall–Kier alpha value is 0.799. The van der Waals surface area contributed by atoms with Crippen LogP contribution in [0, 0.1) is 0 Å². The molecule has 86 valence electrons. The van der Waals surface area contributed by atoms with Crippen LogP contribution in [0.2, 0.25) is 19.3 Å². The van der Waals surface area contributed by atoms with Gasteiger partial charge in [-0.1, -0.05) is 0 Å². The van der Waals surface area contributed by atoms with Crippen LogP contribution in [0.3, 0.4) is 0 Å². The molecule has 0 saturated heterocycles. The minimum absolute atomic E-state index is 1.37. The van der Waals surface area contributed by atoms with Crippen molar-refractivity contribution in [2.45, 2.75) is 77.5 Å². The van der Waals surface area contributed by atoms with Gasteiger partial charge >= 0.3 is 95.9 Å². The fourth-order valence-corrected chi connectivity index (χ4v) is 5.53. The van der Waals surface area contributed by atoms with Crippen LogP contribution < -0.4 is 0 Å². The molecule has 0 aromatic heterocycles. The molecule has 0 bridgehead atoms. The molecule has 0 amide bonds.